The first-order chi connectivity index (χ1) is 10.5. The van der Waals surface area contributed by atoms with Crippen molar-refractivity contribution in [3.63, 3.8) is 0 Å². The average molecular weight is 322 g/mol. The van der Waals surface area contributed by atoms with Crippen LogP contribution in [0.25, 0.3) is 0 Å². The van der Waals surface area contributed by atoms with Gasteiger partial charge in [0.25, 0.3) is 0 Å². The minimum atomic E-state index is -0.878. The van der Waals surface area contributed by atoms with Crippen LogP contribution in [0.4, 0.5) is 0 Å². The molecule has 7 heteroatoms. The molecule has 1 N–H and O–H groups in total. The van der Waals surface area contributed by atoms with Gasteiger partial charge in [-0.3, -0.25) is 0 Å². The quantitative estimate of drug-likeness (QED) is 0.873. The molecular formula is C15H16ClN3O3. The van der Waals surface area contributed by atoms with Crippen LogP contribution < -0.4 is 0 Å². The summed E-state index contributed by atoms with van der Waals surface area (Å²) in [6.07, 6.45) is 3.95. The van der Waals surface area contributed by atoms with Gasteiger partial charge in [-0.1, -0.05) is 11.6 Å². The molecule has 0 saturated heterocycles. The summed E-state index contributed by atoms with van der Waals surface area (Å²) in [5, 5.41) is 15.0. The van der Waals surface area contributed by atoms with E-state index in [4.69, 9.17) is 16.3 Å². The molecule has 1 aromatic heterocycles. The van der Waals surface area contributed by atoms with Crippen molar-refractivity contribution in [2.24, 2.45) is 0 Å². The monoisotopic (exact) mass is 321 g/mol. The summed E-state index contributed by atoms with van der Waals surface area (Å²) in [6, 6.07) is 5.02. The SMILES string of the molecule is COC(=O)c1cc(Cl)cc(Cn2cnc(C3(O)CCC3)n2)c1. The molecule has 0 radical (unpaired) electrons. The second kappa shape index (κ2) is 5.70. The van der Waals surface area contributed by atoms with Gasteiger partial charge in [-0.15, -0.1) is 0 Å². The van der Waals surface area contributed by atoms with Gasteiger partial charge in [-0.2, -0.15) is 5.10 Å². The molecule has 1 heterocycles. The van der Waals surface area contributed by atoms with E-state index in [1.54, 1.807) is 29.2 Å². The number of rotatable bonds is 4. The summed E-state index contributed by atoms with van der Waals surface area (Å²) in [5.41, 5.74) is 0.324. The van der Waals surface area contributed by atoms with Crippen molar-refractivity contribution in [2.75, 3.05) is 7.11 Å². The number of halogens is 1. The minimum absolute atomic E-state index is 0.392. The summed E-state index contributed by atoms with van der Waals surface area (Å²) in [6.45, 7) is 0.410. The van der Waals surface area contributed by atoms with E-state index in [1.165, 1.54) is 7.11 Å². The van der Waals surface area contributed by atoms with E-state index in [9.17, 15) is 9.90 Å². The van der Waals surface area contributed by atoms with E-state index >= 15 is 0 Å². The molecule has 1 aliphatic carbocycles. The number of hydrogen-bond acceptors (Lipinski definition) is 5. The van der Waals surface area contributed by atoms with Gasteiger partial charge in [0, 0.05) is 5.02 Å². The maximum Gasteiger partial charge on any atom is 0.337 e. The van der Waals surface area contributed by atoms with Gasteiger partial charge >= 0.3 is 5.97 Å². The number of benzene rings is 1. The number of carbonyl (C=O) groups is 1. The van der Waals surface area contributed by atoms with E-state index in [2.05, 4.69) is 10.1 Å². The number of hydrogen-bond donors (Lipinski definition) is 1. The lowest BCUT2D eigenvalue weighted by molar-refractivity contribution is -0.0467. The molecule has 0 bridgehead atoms. The largest absolute Gasteiger partial charge is 0.465 e. The predicted molar refractivity (Wildman–Crippen MR) is 79.7 cm³/mol. The smallest absolute Gasteiger partial charge is 0.337 e. The fraction of sp³-hybridized carbons (Fsp3) is 0.400. The molecule has 0 atom stereocenters. The minimum Gasteiger partial charge on any atom is -0.465 e. The second-order valence-electron chi connectivity index (χ2n) is 5.49. The summed E-state index contributed by atoms with van der Waals surface area (Å²) >= 11 is 6.03. The predicted octanol–water partition coefficient (Wildman–Crippen LogP) is 2.14. The number of aliphatic hydroxyl groups is 1. The van der Waals surface area contributed by atoms with E-state index in [0.717, 1.165) is 12.0 Å². The van der Waals surface area contributed by atoms with Crippen molar-refractivity contribution >= 4 is 17.6 Å². The molecular weight excluding hydrogens is 306 g/mol. The summed E-state index contributed by atoms with van der Waals surface area (Å²) < 4.78 is 6.33. The molecule has 6 nitrogen and oxygen atoms in total. The Morgan fingerprint density at radius 3 is 2.86 bits per heavy atom. The first kappa shape index (κ1) is 15.0. The van der Waals surface area contributed by atoms with E-state index in [-0.39, 0.29) is 0 Å². The average Bonchev–Trinajstić information content (AvgIpc) is 2.92. The van der Waals surface area contributed by atoms with Gasteiger partial charge in [0.1, 0.15) is 11.9 Å². The number of carbonyl (C=O) groups excluding carboxylic acids is 1. The summed E-state index contributed by atoms with van der Waals surface area (Å²) in [4.78, 5) is 15.8. The number of ether oxygens (including phenoxy) is 1. The number of aromatic nitrogens is 3. The molecule has 0 amide bonds. The highest BCUT2D eigenvalue weighted by atomic mass is 35.5. The number of nitrogens with zero attached hydrogens (tertiary/aromatic N) is 3. The van der Waals surface area contributed by atoms with Crippen molar-refractivity contribution in [1.29, 1.82) is 0 Å². The molecule has 1 saturated carbocycles. The lowest BCUT2D eigenvalue weighted by atomic mass is 9.80. The Hall–Kier alpha value is -1.92. The number of esters is 1. The van der Waals surface area contributed by atoms with Gasteiger partial charge in [0.05, 0.1) is 19.2 Å². The van der Waals surface area contributed by atoms with Gasteiger partial charge in [0.15, 0.2) is 5.82 Å². The van der Waals surface area contributed by atoms with Crippen molar-refractivity contribution in [2.45, 2.75) is 31.4 Å². The highest BCUT2D eigenvalue weighted by molar-refractivity contribution is 6.31. The van der Waals surface area contributed by atoms with Crippen LogP contribution >= 0.6 is 11.6 Å². The molecule has 0 unspecified atom stereocenters. The Labute approximate surface area is 132 Å². The Morgan fingerprint density at radius 1 is 1.45 bits per heavy atom. The lowest BCUT2D eigenvalue weighted by Crippen LogP contribution is -2.35. The van der Waals surface area contributed by atoms with Crippen LogP contribution in [-0.4, -0.2) is 33.0 Å². The van der Waals surface area contributed by atoms with E-state index < -0.39 is 11.6 Å². The Bertz CT molecular complexity index is 710. The molecule has 116 valence electrons. The standard InChI is InChI=1S/C15H16ClN3O3/c1-22-13(20)11-5-10(6-12(16)7-11)8-19-9-17-14(18-19)15(21)3-2-4-15/h5-7,9,21H,2-4,8H2,1H3. The van der Waals surface area contributed by atoms with Gasteiger partial charge in [-0.25, -0.2) is 14.5 Å². The molecule has 0 aliphatic heterocycles. The van der Waals surface area contributed by atoms with Gasteiger partial charge < -0.3 is 9.84 Å². The van der Waals surface area contributed by atoms with Crippen LogP contribution in [0, 0.1) is 0 Å². The van der Waals surface area contributed by atoms with Crippen LogP contribution in [0.15, 0.2) is 24.5 Å². The number of methoxy groups -OCH3 is 1. The molecule has 3 rings (SSSR count). The molecule has 1 aromatic carbocycles. The topological polar surface area (TPSA) is 77.2 Å². The fourth-order valence-corrected chi connectivity index (χ4v) is 2.74. The van der Waals surface area contributed by atoms with Crippen LogP contribution in [0.1, 0.15) is 41.0 Å². The van der Waals surface area contributed by atoms with Crippen LogP contribution in [0.5, 0.6) is 0 Å². The molecule has 1 fully saturated rings. The maximum atomic E-state index is 11.6. The molecule has 1 aliphatic rings. The third kappa shape index (κ3) is 2.84. The van der Waals surface area contributed by atoms with Crippen LogP contribution in [0.2, 0.25) is 5.02 Å². The first-order valence-electron chi connectivity index (χ1n) is 7.00. The zero-order chi connectivity index (χ0) is 15.7. The molecule has 0 spiro atoms. The van der Waals surface area contributed by atoms with Crippen molar-refractivity contribution in [1.82, 2.24) is 14.8 Å². The zero-order valence-electron chi connectivity index (χ0n) is 12.1. The molecule has 2 aromatic rings. The normalized spacial score (nSPS) is 16.1. The van der Waals surface area contributed by atoms with Crippen molar-refractivity contribution in [3.8, 4) is 0 Å². The summed E-state index contributed by atoms with van der Waals surface area (Å²) in [7, 11) is 1.33. The van der Waals surface area contributed by atoms with Crippen molar-refractivity contribution < 1.29 is 14.6 Å². The summed E-state index contributed by atoms with van der Waals surface area (Å²) in [5.74, 6) is 0.0146. The maximum absolute atomic E-state index is 11.6. The fourth-order valence-electron chi connectivity index (χ4n) is 2.48. The van der Waals surface area contributed by atoms with Crippen LogP contribution in [0.3, 0.4) is 0 Å². The Kier molecular flexibility index (Phi) is 3.88. The van der Waals surface area contributed by atoms with E-state index in [1.807, 2.05) is 0 Å². The second-order valence-corrected chi connectivity index (χ2v) is 5.93. The third-order valence-electron chi connectivity index (χ3n) is 3.86. The van der Waals surface area contributed by atoms with Crippen molar-refractivity contribution in [3.05, 3.63) is 46.5 Å². The third-order valence-corrected chi connectivity index (χ3v) is 4.07. The first-order valence-corrected chi connectivity index (χ1v) is 7.38. The van der Waals surface area contributed by atoms with Gasteiger partial charge in [-0.05, 0) is 43.0 Å². The molecule has 22 heavy (non-hydrogen) atoms. The Morgan fingerprint density at radius 2 is 2.23 bits per heavy atom. The Balaban J connectivity index is 1.81. The highest BCUT2D eigenvalue weighted by Gasteiger charge is 2.39. The highest BCUT2D eigenvalue weighted by Crippen LogP contribution is 2.38. The zero-order valence-corrected chi connectivity index (χ0v) is 12.9. The lowest BCUT2D eigenvalue weighted by Gasteiger charge is -2.33. The van der Waals surface area contributed by atoms with E-state index in [0.29, 0.717) is 35.8 Å². The van der Waals surface area contributed by atoms with Crippen LogP contribution in [-0.2, 0) is 16.9 Å². The van der Waals surface area contributed by atoms with Gasteiger partial charge in [0.2, 0.25) is 0 Å².